The van der Waals surface area contributed by atoms with E-state index in [4.69, 9.17) is 34.9 Å². The number of nitrogens with zero attached hydrogens (tertiary/aromatic N) is 7. The van der Waals surface area contributed by atoms with E-state index < -0.39 is 0 Å². The molecule has 14 heteroatoms. The zero-order chi connectivity index (χ0) is 61.2. The first-order chi connectivity index (χ1) is 41.5. The lowest BCUT2D eigenvalue weighted by Crippen LogP contribution is -2.47. The van der Waals surface area contributed by atoms with Gasteiger partial charge in [-0.2, -0.15) is 9.97 Å². The van der Waals surface area contributed by atoms with E-state index in [9.17, 15) is 9.59 Å². The Morgan fingerprint density at radius 3 is 2.51 bits per heavy atom. The first-order valence-electron chi connectivity index (χ1n) is 32.3. The van der Waals surface area contributed by atoms with Crippen LogP contribution in [0.3, 0.4) is 0 Å². The molecule has 86 heavy (non-hydrogen) atoms. The van der Waals surface area contributed by atoms with E-state index in [-0.39, 0.29) is 24.6 Å². The Kier molecular flexibility index (Phi) is 21.8. The van der Waals surface area contributed by atoms with Crippen LogP contribution in [-0.4, -0.2) is 128 Å². The number of piperidine rings is 1. The van der Waals surface area contributed by atoms with Crippen LogP contribution in [-0.2, 0) is 25.5 Å². The summed E-state index contributed by atoms with van der Waals surface area (Å²) in [5, 5.41) is 2.74. The van der Waals surface area contributed by atoms with E-state index in [1.807, 2.05) is 47.0 Å². The number of rotatable bonds is 17. The Morgan fingerprint density at radius 1 is 0.965 bits per heavy atom. The van der Waals surface area contributed by atoms with Gasteiger partial charge in [0.1, 0.15) is 24.0 Å². The van der Waals surface area contributed by atoms with Crippen molar-refractivity contribution in [3.05, 3.63) is 113 Å². The minimum absolute atomic E-state index is 0. The minimum Gasteiger partial charge on any atom is -0.461 e. The van der Waals surface area contributed by atoms with Gasteiger partial charge >= 0.3 is 6.01 Å². The maximum Gasteiger partial charge on any atom is 0.319 e. The third-order valence-corrected chi connectivity index (χ3v) is 19.8. The molecule has 5 aromatic rings. The lowest BCUT2D eigenvalue weighted by atomic mass is 9.87. The Labute approximate surface area is 513 Å². The van der Waals surface area contributed by atoms with Crippen molar-refractivity contribution in [2.45, 2.75) is 162 Å². The normalized spacial score (nSPS) is 22.3. The highest BCUT2D eigenvalue weighted by Gasteiger charge is 2.50. The van der Waals surface area contributed by atoms with Crippen molar-refractivity contribution >= 4 is 56.0 Å². The highest BCUT2D eigenvalue weighted by atomic mass is 19.1. The molecule has 2 aromatic heterocycles. The molecule has 0 spiro atoms. The van der Waals surface area contributed by atoms with Crippen molar-refractivity contribution in [3.63, 3.8) is 0 Å². The molecular weight excluding hydrogens is 1080 g/mol. The van der Waals surface area contributed by atoms with Crippen molar-refractivity contribution in [3.8, 4) is 17.3 Å². The van der Waals surface area contributed by atoms with Crippen LogP contribution in [0, 0.1) is 30.5 Å². The zero-order valence-electron chi connectivity index (χ0n) is 53.1. The van der Waals surface area contributed by atoms with Gasteiger partial charge in [0.2, 0.25) is 0 Å². The summed E-state index contributed by atoms with van der Waals surface area (Å²) in [4.78, 5) is 47.8. The van der Waals surface area contributed by atoms with Crippen molar-refractivity contribution in [2.75, 3.05) is 89.7 Å². The van der Waals surface area contributed by atoms with Crippen LogP contribution in [0.5, 0.6) is 6.01 Å². The Hall–Kier alpha value is -6.28. The number of likely N-dealkylation sites (tertiary alicyclic amines) is 1. The highest BCUT2D eigenvalue weighted by Crippen LogP contribution is 2.45. The summed E-state index contributed by atoms with van der Waals surface area (Å²) < 4.78 is 33.2. The van der Waals surface area contributed by atoms with Crippen LogP contribution in [0.1, 0.15) is 166 Å². The molecule has 464 valence electrons. The van der Waals surface area contributed by atoms with Crippen molar-refractivity contribution in [2.24, 2.45) is 23.5 Å². The Balaban J connectivity index is 0.000000206. The van der Waals surface area contributed by atoms with Crippen molar-refractivity contribution in [1.82, 2.24) is 24.8 Å². The number of carbonyl (C=O) groups is 2. The molecule has 5 aliphatic heterocycles. The maximum atomic E-state index is 15.2. The number of methoxy groups -OCH3 is 1. The smallest absolute Gasteiger partial charge is 0.319 e. The second-order valence-electron chi connectivity index (χ2n) is 25.7. The van der Waals surface area contributed by atoms with Gasteiger partial charge in [0.25, 0.3) is 5.91 Å². The highest BCUT2D eigenvalue weighted by molar-refractivity contribution is 6.31. The summed E-state index contributed by atoms with van der Waals surface area (Å²) in [6.45, 7) is 32.9. The van der Waals surface area contributed by atoms with E-state index in [2.05, 4.69) is 84.3 Å². The number of fused-ring (bicyclic) bond motifs is 4. The molecular formula is C72H99FN8O5. The van der Waals surface area contributed by atoms with Gasteiger partial charge in [-0.1, -0.05) is 90.5 Å². The van der Waals surface area contributed by atoms with Crippen LogP contribution in [0.2, 0.25) is 0 Å². The number of ether oxygens (including phenoxy) is 3. The number of carbonyl (C=O) groups excluding carboxylic acids is 2. The number of anilines is 2. The van der Waals surface area contributed by atoms with Crippen LogP contribution < -0.4 is 20.3 Å². The molecule has 7 heterocycles. The number of aromatic nitrogens is 3. The van der Waals surface area contributed by atoms with Gasteiger partial charge in [0, 0.05) is 88.7 Å². The lowest BCUT2D eigenvalue weighted by molar-refractivity contribution is -0.122. The van der Waals surface area contributed by atoms with E-state index in [1.165, 1.54) is 70.1 Å². The molecule has 2 N–H and O–H groups in total. The average Bonchev–Trinajstić information content (AvgIpc) is 1.54. The van der Waals surface area contributed by atoms with Gasteiger partial charge in [0.05, 0.1) is 46.7 Å². The third-order valence-electron chi connectivity index (χ3n) is 19.8. The SMILES string of the molecule is C=C(C)c1cc(-c2ncc3c(N4CCCOCC4)nc(OC[C@@]45CCCN4[C@H](COC)CC5)nc3c2C)c2c(CC)c(F)ccc2c1.C=C1C(=O)N(C)c2cc(C3CCN(CC4CCCC(C)CC4)CC3)ccc21.C=C=C(N)CCC(C)C(=O)CC.[HH]. The predicted octanol–water partition coefficient (Wildman–Crippen LogP) is 14.5. The van der Waals surface area contributed by atoms with Crippen LogP contribution in [0.25, 0.3) is 44.1 Å². The fraction of sp³-hybridized carbons (Fsp3) is 0.556. The van der Waals surface area contributed by atoms with Crippen LogP contribution in [0.4, 0.5) is 15.9 Å². The molecule has 4 saturated heterocycles. The molecule has 0 bridgehead atoms. The topological polar surface area (TPSA) is 139 Å². The summed E-state index contributed by atoms with van der Waals surface area (Å²) in [5.74, 6) is 3.54. The van der Waals surface area contributed by atoms with E-state index >= 15 is 4.39 Å². The second kappa shape index (κ2) is 29.1. The van der Waals surface area contributed by atoms with Gasteiger partial charge < -0.3 is 34.6 Å². The molecule has 6 aliphatic rings. The Bertz CT molecular complexity index is 3310. The number of halogens is 1. The van der Waals surface area contributed by atoms with Crippen molar-refractivity contribution < 1.29 is 29.6 Å². The van der Waals surface area contributed by atoms with Crippen LogP contribution >= 0.6 is 0 Å². The maximum absolute atomic E-state index is 15.2. The summed E-state index contributed by atoms with van der Waals surface area (Å²) in [7, 11) is 3.65. The quantitative estimate of drug-likeness (QED) is 0.0538. The first-order valence-corrected chi connectivity index (χ1v) is 32.3. The second-order valence-corrected chi connectivity index (χ2v) is 25.7. The number of nitrogens with two attached hydrogens (primary N) is 1. The summed E-state index contributed by atoms with van der Waals surface area (Å²) in [5.41, 5.74) is 18.8. The standard InChI is InChI=1S/C38H46FN5O3.C24H34N2O.C10H17NO.H2/c1-6-29-32(39)10-9-26-19-27(24(2)3)20-30(33(26)29)34-25(4)35-31(21-40-34)36(43-14-8-17-46-18-16-43)42-37(41-35)47-23-38-12-7-15-44(38)28(11-13-38)22-45-5;1-17-5-4-6-19(8-7-17)16-26-13-11-20(12-14-26)21-9-10-22-18(2)24(27)25(3)23(22)15-21;1-4-9(11)7-6-8(3)10(12)5-2;/h9-10,19-21,28H,2,6-8,11-18,22-23H2,1,3-5H3;9-10,15,17,19-20H,2,4-8,11-14,16H2,1,3H3;8H,1,5-7,11H2,2-3H3;1H/t28-,38-;;;/m0.../s1. The first kappa shape index (κ1) is 64.2. The van der Waals surface area contributed by atoms with E-state index in [0.29, 0.717) is 66.6 Å². The lowest BCUT2D eigenvalue weighted by Gasteiger charge is -2.34. The molecule has 3 aromatic carbocycles. The number of Topliss-reactive ketones (excluding diaryl/α,β-unsaturated/α-hetero) is 1. The number of hydrogen-bond acceptors (Lipinski definition) is 12. The number of pyridine rings is 1. The number of amides is 1. The number of likely N-dealkylation sites (N-methyl/N-ethyl adjacent to an activating group) is 1. The molecule has 13 nitrogen and oxygen atoms in total. The fourth-order valence-electron chi connectivity index (χ4n) is 14.5. The van der Waals surface area contributed by atoms with Gasteiger partial charge in [-0.15, -0.1) is 5.73 Å². The summed E-state index contributed by atoms with van der Waals surface area (Å²) in [6, 6.07) is 15.0. The molecule has 1 amide bonds. The average molecular weight is 1180 g/mol. The molecule has 11 rings (SSSR count). The van der Waals surface area contributed by atoms with Crippen LogP contribution in [0.15, 0.2) is 79.8 Å². The van der Waals surface area contributed by atoms with E-state index in [1.54, 1.807) is 18.1 Å². The van der Waals surface area contributed by atoms with Gasteiger partial charge in [-0.25, -0.2) is 4.39 Å². The molecule has 0 radical (unpaired) electrons. The summed E-state index contributed by atoms with van der Waals surface area (Å²) in [6.07, 6.45) is 19.6. The fourth-order valence-corrected chi connectivity index (χ4v) is 14.5. The number of hydrogen-bond donors (Lipinski definition) is 1. The van der Waals surface area contributed by atoms with Gasteiger partial charge in [0.15, 0.2) is 0 Å². The number of ketones is 1. The number of allylic oxidation sites excluding steroid dienone is 2. The number of aryl methyl sites for hydroxylation is 2. The van der Waals surface area contributed by atoms with E-state index in [0.717, 1.165) is 156 Å². The minimum atomic E-state index is -0.202. The summed E-state index contributed by atoms with van der Waals surface area (Å²) >= 11 is 0. The molecule has 5 atom stereocenters. The molecule has 1 aliphatic carbocycles. The number of benzene rings is 3. The molecule has 3 unspecified atom stereocenters. The van der Waals surface area contributed by atoms with Gasteiger partial charge in [-0.05, 0) is 180 Å². The zero-order valence-corrected chi connectivity index (χ0v) is 53.1. The largest absolute Gasteiger partial charge is 0.461 e. The van der Waals surface area contributed by atoms with Gasteiger partial charge in [-0.3, -0.25) is 19.5 Å². The van der Waals surface area contributed by atoms with Crippen molar-refractivity contribution in [1.29, 1.82) is 0 Å². The predicted molar refractivity (Wildman–Crippen MR) is 351 cm³/mol. The monoisotopic (exact) mass is 1170 g/mol. The Morgan fingerprint density at radius 2 is 1.77 bits per heavy atom. The molecule has 1 saturated carbocycles. The molecule has 5 fully saturated rings. The third kappa shape index (κ3) is 14.5.